The van der Waals surface area contributed by atoms with Crippen LogP contribution in [-0.2, 0) is 10.5 Å². The fraction of sp³-hybridized carbons (Fsp3) is 0.267. The molecule has 1 aromatic carbocycles. The van der Waals surface area contributed by atoms with Crippen LogP contribution in [0.25, 0.3) is 11.5 Å². The van der Waals surface area contributed by atoms with Gasteiger partial charge < -0.3 is 14.6 Å². The van der Waals surface area contributed by atoms with Gasteiger partial charge in [-0.15, -0.1) is 18.3 Å². The minimum absolute atomic E-state index is 0.0382. The molecule has 22 heavy (non-hydrogen) atoms. The Labute approximate surface area is 132 Å². The molecule has 7 heteroatoms. The molecular weight excluding hydrogens is 302 g/mol. The summed E-state index contributed by atoms with van der Waals surface area (Å²) in [5.74, 6) is 2.61. The van der Waals surface area contributed by atoms with E-state index >= 15 is 0 Å². The lowest BCUT2D eigenvalue weighted by molar-refractivity contribution is -0.118. The second-order valence-electron chi connectivity index (χ2n) is 4.33. The van der Waals surface area contributed by atoms with E-state index in [1.165, 1.54) is 11.8 Å². The first-order valence-corrected chi connectivity index (χ1v) is 7.80. The SMILES string of the molecule is C=CCNC(=O)CSCc1noc(-c2ccc(OC)cc2)n1. The van der Waals surface area contributed by atoms with Crippen molar-refractivity contribution in [2.75, 3.05) is 19.4 Å². The topological polar surface area (TPSA) is 77.2 Å². The van der Waals surface area contributed by atoms with E-state index in [0.29, 0.717) is 29.8 Å². The van der Waals surface area contributed by atoms with Crippen molar-refractivity contribution in [3.05, 3.63) is 42.7 Å². The fourth-order valence-electron chi connectivity index (χ4n) is 1.64. The predicted octanol–water partition coefficient (Wildman–Crippen LogP) is 2.28. The number of ether oxygens (including phenoxy) is 1. The normalized spacial score (nSPS) is 10.2. The number of benzene rings is 1. The van der Waals surface area contributed by atoms with Crippen LogP contribution in [0.5, 0.6) is 5.75 Å². The molecule has 116 valence electrons. The summed E-state index contributed by atoms with van der Waals surface area (Å²) in [6.45, 7) is 4.02. The number of rotatable bonds is 8. The molecule has 0 saturated heterocycles. The summed E-state index contributed by atoms with van der Waals surface area (Å²) in [6.07, 6.45) is 1.64. The summed E-state index contributed by atoms with van der Waals surface area (Å²) in [5.41, 5.74) is 0.827. The first-order chi connectivity index (χ1) is 10.7. The molecule has 0 atom stereocenters. The zero-order chi connectivity index (χ0) is 15.8. The number of thioether (sulfide) groups is 1. The monoisotopic (exact) mass is 319 g/mol. The summed E-state index contributed by atoms with van der Waals surface area (Å²) < 4.78 is 10.3. The van der Waals surface area contributed by atoms with Crippen molar-refractivity contribution in [3.8, 4) is 17.2 Å². The van der Waals surface area contributed by atoms with E-state index in [1.54, 1.807) is 13.2 Å². The summed E-state index contributed by atoms with van der Waals surface area (Å²) in [7, 11) is 1.61. The lowest BCUT2D eigenvalue weighted by Gasteiger charge is -2.00. The van der Waals surface area contributed by atoms with Crippen LogP contribution in [0.3, 0.4) is 0 Å². The molecule has 0 unspecified atom stereocenters. The van der Waals surface area contributed by atoms with E-state index in [9.17, 15) is 4.79 Å². The van der Waals surface area contributed by atoms with Crippen LogP contribution in [0.15, 0.2) is 41.4 Å². The molecular formula is C15H17N3O3S. The van der Waals surface area contributed by atoms with E-state index in [4.69, 9.17) is 9.26 Å². The molecule has 1 amide bonds. The van der Waals surface area contributed by atoms with Crippen LogP contribution in [0.2, 0.25) is 0 Å². The quantitative estimate of drug-likeness (QED) is 0.752. The lowest BCUT2D eigenvalue weighted by atomic mass is 10.2. The molecule has 1 N–H and O–H groups in total. The van der Waals surface area contributed by atoms with Crippen LogP contribution in [-0.4, -0.2) is 35.5 Å². The molecule has 0 spiro atoms. The van der Waals surface area contributed by atoms with Gasteiger partial charge >= 0.3 is 0 Å². The van der Waals surface area contributed by atoms with Gasteiger partial charge in [0.15, 0.2) is 5.82 Å². The molecule has 0 aliphatic rings. The molecule has 1 heterocycles. The van der Waals surface area contributed by atoms with Gasteiger partial charge in [0.1, 0.15) is 5.75 Å². The van der Waals surface area contributed by atoms with Gasteiger partial charge in [-0.05, 0) is 24.3 Å². The van der Waals surface area contributed by atoms with Gasteiger partial charge in [-0.3, -0.25) is 4.79 Å². The first-order valence-electron chi connectivity index (χ1n) is 6.65. The fourth-order valence-corrected chi connectivity index (χ4v) is 2.32. The van der Waals surface area contributed by atoms with Gasteiger partial charge in [-0.25, -0.2) is 0 Å². The van der Waals surface area contributed by atoms with Gasteiger partial charge in [0.25, 0.3) is 5.89 Å². The number of nitrogens with one attached hydrogen (secondary N) is 1. The third-order valence-electron chi connectivity index (χ3n) is 2.71. The number of hydrogen-bond acceptors (Lipinski definition) is 6. The Morgan fingerprint density at radius 1 is 1.45 bits per heavy atom. The zero-order valence-corrected chi connectivity index (χ0v) is 13.1. The number of carbonyl (C=O) groups excluding carboxylic acids is 1. The van der Waals surface area contributed by atoms with E-state index < -0.39 is 0 Å². The summed E-state index contributed by atoms with van der Waals surface area (Å²) in [5, 5.41) is 6.61. The molecule has 2 rings (SSSR count). The van der Waals surface area contributed by atoms with Crippen LogP contribution in [0.1, 0.15) is 5.82 Å². The Morgan fingerprint density at radius 2 is 2.23 bits per heavy atom. The van der Waals surface area contributed by atoms with Gasteiger partial charge in [0.05, 0.1) is 18.6 Å². The molecule has 0 fully saturated rings. The molecule has 0 bridgehead atoms. The molecule has 2 aromatic rings. The summed E-state index contributed by atoms with van der Waals surface area (Å²) in [6, 6.07) is 7.37. The number of carbonyl (C=O) groups is 1. The Morgan fingerprint density at radius 3 is 2.91 bits per heavy atom. The highest BCUT2D eigenvalue weighted by Gasteiger charge is 2.09. The van der Waals surface area contributed by atoms with Crippen molar-refractivity contribution in [3.63, 3.8) is 0 Å². The second-order valence-corrected chi connectivity index (χ2v) is 5.32. The van der Waals surface area contributed by atoms with Crippen molar-refractivity contribution < 1.29 is 14.1 Å². The van der Waals surface area contributed by atoms with E-state index in [1.807, 2.05) is 24.3 Å². The number of amides is 1. The van der Waals surface area contributed by atoms with Gasteiger partial charge in [0, 0.05) is 12.1 Å². The molecule has 0 saturated carbocycles. The standard InChI is InChI=1S/C15H17N3O3S/c1-3-8-16-14(19)10-22-9-13-17-15(21-18-13)11-4-6-12(20-2)7-5-11/h3-7H,1,8-10H2,2H3,(H,16,19). The van der Waals surface area contributed by atoms with Crippen molar-refractivity contribution in [2.45, 2.75) is 5.75 Å². The maximum atomic E-state index is 11.4. The van der Waals surface area contributed by atoms with Crippen LogP contribution < -0.4 is 10.1 Å². The first kappa shape index (κ1) is 16.1. The Hall–Kier alpha value is -2.28. The van der Waals surface area contributed by atoms with E-state index in [2.05, 4.69) is 22.0 Å². The lowest BCUT2D eigenvalue weighted by Crippen LogP contribution is -2.25. The van der Waals surface area contributed by atoms with Crippen LogP contribution >= 0.6 is 11.8 Å². The minimum Gasteiger partial charge on any atom is -0.497 e. The summed E-state index contributed by atoms with van der Waals surface area (Å²) >= 11 is 1.43. The predicted molar refractivity (Wildman–Crippen MR) is 85.7 cm³/mol. The average molecular weight is 319 g/mol. The number of hydrogen-bond donors (Lipinski definition) is 1. The van der Waals surface area contributed by atoms with Gasteiger partial charge in [0.2, 0.25) is 5.91 Å². The second kappa shape index (κ2) is 8.23. The molecule has 0 aliphatic heterocycles. The van der Waals surface area contributed by atoms with Crippen molar-refractivity contribution in [1.29, 1.82) is 0 Å². The third-order valence-corrected chi connectivity index (χ3v) is 3.64. The largest absolute Gasteiger partial charge is 0.497 e. The smallest absolute Gasteiger partial charge is 0.257 e. The third kappa shape index (κ3) is 4.63. The zero-order valence-electron chi connectivity index (χ0n) is 12.2. The number of aromatic nitrogens is 2. The molecule has 0 radical (unpaired) electrons. The number of methoxy groups -OCH3 is 1. The maximum absolute atomic E-state index is 11.4. The molecule has 6 nitrogen and oxygen atoms in total. The van der Waals surface area contributed by atoms with Gasteiger partial charge in [-0.1, -0.05) is 11.2 Å². The Balaban J connectivity index is 1.85. The average Bonchev–Trinajstić information content (AvgIpc) is 3.02. The highest BCUT2D eigenvalue weighted by molar-refractivity contribution is 7.99. The highest BCUT2D eigenvalue weighted by Crippen LogP contribution is 2.21. The van der Waals surface area contributed by atoms with Crippen LogP contribution in [0.4, 0.5) is 0 Å². The Bertz CT molecular complexity index is 625. The van der Waals surface area contributed by atoms with E-state index in [-0.39, 0.29) is 5.91 Å². The van der Waals surface area contributed by atoms with Gasteiger partial charge in [-0.2, -0.15) is 4.98 Å². The molecule has 1 aromatic heterocycles. The molecule has 0 aliphatic carbocycles. The van der Waals surface area contributed by atoms with Crippen molar-refractivity contribution in [1.82, 2.24) is 15.5 Å². The number of nitrogens with zero attached hydrogens (tertiary/aromatic N) is 2. The Kier molecular flexibility index (Phi) is 6.02. The maximum Gasteiger partial charge on any atom is 0.257 e. The minimum atomic E-state index is -0.0382. The summed E-state index contributed by atoms with van der Waals surface area (Å²) in [4.78, 5) is 15.7. The van der Waals surface area contributed by atoms with Crippen LogP contribution in [0, 0.1) is 0 Å². The van der Waals surface area contributed by atoms with Crippen molar-refractivity contribution in [2.24, 2.45) is 0 Å². The van der Waals surface area contributed by atoms with Crippen molar-refractivity contribution >= 4 is 17.7 Å². The highest BCUT2D eigenvalue weighted by atomic mass is 32.2. The van der Waals surface area contributed by atoms with E-state index in [0.717, 1.165) is 11.3 Å².